The number of nitrogens with two attached hydrogens (primary N) is 1. The maximum absolute atomic E-state index is 6.01. The van der Waals surface area contributed by atoms with E-state index < -0.39 is 0 Å². The zero-order valence-corrected chi connectivity index (χ0v) is 17.9. The van der Waals surface area contributed by atoms with E-state index in [0.29, 0.717) is 24.3 Å². The second-order valence-corrected chi connectivity index (χ2v) is 7.55. The summed E-state index contributed by atoms with van der Waals surface area (Å²) >= 11 is 0. The zero-order valence-electron chi connectivity index (χ0n) is 17.9. The minimum absolute atomic E-state index is 0.301. The van der Waals surface area contributed by atoms with E-state index in [0.717, 1.165) is 56.0 Å². The monoisotopic (exact) mass is 408 g/mol. The average molecular weight is 409 g/mol. The zero-order chi connectivity index (χ0) is 21.2. The highest BCUT2D eigenvalue weighted by Gasteiger charge is 2.38. The van der Waals surface area contributed by atoms with E-state index in [-0.39, 0.29) is 0 Å². The van der Waals surface area contributed by atoms with E-state index in [1.807, 2.05) is 43.3 Å². The normalized spacial score (nSPS) is 17.6. The van der Waals surface area contributed by atoms with Gasteiger partial charge in [-0.1, -0.05) is 24.1 Å². The van der Waals surface area contributed by atoms with Crippen molar-refractivity contribution in [3.63, 3.8) is 0 Å². The molecule has 0 radical (unpaired) electrons. The molecule has 1 heterocycles. The summed E-state index contributed by atoms with van der Waals surface area (Å²) in [7, 11) is 0. The van der Waals surface area contributed by atoms with E-state index in [4.69, 9.17) is 15.0 Å². The van der Waals surface area contributed by atoms with Crippen molar-refractivity contribution >= 4 is 0 Å². The fraction of sp³-hybridized carbons (Fsp3) is 0.458. The molecule has 0 aliphatic heterocycles. The van der Waals surface area contributed by atoms with E-state index >= 15 is 0 Å². The first-order valence-corrected chi connectivity index (χ1v) is 10.7. The summed E-state index contributed by atoms with van der Waals surface area (Å²) in [4.78, 5) is 2.21. The van der Waals surface area contributed by atoms with Crippen LogP contribution in [-0.2, 0) is 6.54 Å². The smallest absolute Gasteiger partial charge is 0.210 e. The molecule has 0 bridgehead atoms. The second-order valence-electron chi connectivity index (χ2n) is 7.55. The highest BCUT2D eigenvalue weighted by molar-refractivity contribution is 5.42. The van der Waals surface area contributed by atoms with E-state index in [1.165, 1.54) is 0 Å². The molecule has 30 heavy (non-hydrogen) atoms. The Bertz CT molecular complexity index is 863. The van der Waals surface area contributed by atoms with Crippen molar-refractivity contribution in [1.82, 2.24) is 15.4 Å². The van der Waals surface area contributed by atoms with Gasteiger partial charge in [0.25, 0.3) is 0 Å². The molecule has 1 aromatic carbocycles. The minimum atomic E-state index is 0.301. The van der Waals surface area contributed by atoms with Crippen LogP contribution in [0.1, 0.15) is 43.7 Å². The first-order chi connectivity index (χ1) is 14.7. The van der Waals surface area contributed by atoms with Gasteiger partial charge in [-0.25, -0.2) is 0 Å². The predicted molar refractivity (Wildman–Crippen MR) is 119 cm³/mol. The quantitative estimate of drug-likeness (QED) is 0.439. The summed E-state index contributed by atoms with van der Waals surface area (Å²) in [6.45, 7) is 8.38. The lowest BCUT2D eigenvalue weighted by Crippen LogP contribution is -2.25. The molecule has 6 heteroatoms. The summed E-state index contributed by atoms with van der Waals surface area (Å²) in [5.74, 6) is 8.22. The summed E-state index contributed by atoms with van der Waals surface area (Å²) in [5, 5.41) is 7.47. The van der Waals surface area contributed by atoms with Crippen LogP contribution >= 0.6 is 0 Å². The van der Waals surface area contributed by atoms with Gasteiger partial charge in [0.15, 0.2) is 0 Å². The molecule has 160 valence electrons. The van der Waals surface area contributed by atoms with Gasteiger partial charge in [-0.3, -0.25) is 0 Å². The van der Waals surface area contributed by atoms with Crippen LogP contribution in [0.3, 0.4) is 0 Å². The van der Waals surface area contributed by atoms with Gasteiger partial charge in [0.1, 0.15) is 17.5 Å². The fourth-order valence-electron chi connectivity index (χ4n) is 3.25. The molecular weight excluding hydrogens is 376 g/mol. The van der Waals surface area contributed by atoms with Gasteiger partial charge in [0.2, 0.25) is 5.76 Å². The number of aromatic nitrogens is 1. The number of benzene rings is 1. The van der Waals surface area contributed by atoms with Crippen LogP contribution in [0, 0.1) is 17.8 Å². The van der Waals surface area contributed by atoms with Crippen LogP contribution < -0.4 is 15.8 Å². The van der Waals surface area contributed by atoms with Gasteiger partial charge in [0.05, 0.1) is 6.54 Å². The van der Waals surface area contributed by atoms with Crippen molar-refractivity contribution in [3.8, 4) is 17.6 Å². The van der Waals surface area contributed by atoms with Gasteiger partial charge < -0.3 is 25.2 Å². The number of allylic oxidation sites excluding steroid dienone is 1. The molecule has 0 saturated heterocycles. The lowest BCUT2D eigenvalue weighted by molar-refractivity contribution is 0.282. The molecule has 6 nitrogen and oxygen atoms in total. The Morgan fingerprint density at radius 3 is 2.90 bits per heavy atom. The number of ether oxygens (including phenoxy) is 1. The van der Waals surface area contributed by atoms with Crippen molar-refractivity contribution < 1.29 is 9.26 Å². The number of rotatable bonds is 11. The van der Waals surface area contributed by atoms with Crippen LogP contribution in [0.5, 0.6) is 5.75 Å². The van der Waals surface area contributed by atoms with Crippen LogP contribution in [0.15, 0.2) is 47.1 Å². The first kappa shape index (κ1) is 21.9. The Balaban J connectivity index is 1.49. The maximum atomic E-state index is 6.01. The lowest BCUT2D eigenvalue weighted by Gasteiger charge is -2.17. The number of nitrogens with zero attached hydrogens (tertiary/aromatic N) is 2. The molecule has 2 unspecified atom stereocenters. The molecule has 0 spiro atoms. The molecule has 1 aliphatic carbocycles. The van der Waals surface area contributed by atoms with E-state index in [1.54, 1.807) is 0 Å². The number of hydrogen-bond donors (Lipinski definition) is 2. The maximum Gasteiger partial charge on any atom is 0.210 e. The average Bonchev–Trinajstić information content (AvgIpc) is 3.32. The molecule has 1 saturated carbocycles. The molecule has 3 rings (SSSR count). The number of nitrogens with one attached hydrogen (secondary N) is 1. The Morgan fingerprint density at radius 1 is 1.33 bits per heavy atom. The van der Waals surface area contributed by atoms with Crippen molar-refractivity contribution in [2.24, 2.45) is 11.7 Å². The Kier molecular flexibility index (Phi) is 8.37. The minimum Gasteiger partial charge on any atom is -0.490 e. The molecule has 0 amide bonds. The molecule has 1 fully saturated rings. The topological polar surface area (TPSA) is 76.5 Å². The summed E-state index contributed by atoms with van der Waals surface area (Å²) in [6.07, 6.45) is 6.59. The van der Waals surface area contributed by atoms with Crippen LogP contribution in [0.4, 0.5) is 0 Å². The third-order valence-electron chi connectivity index (χ3n) is 4.85. The molecular formula is C24H32N4O2. The first-order valence-electron chi connectivity index (χ1n) is 10.7. The van der Waals surface area contributed by atoms with Crippen LogP contribution in [0.2, 0.25) is 0 Å². The molecule has 3 N–H and O–H groups in total. The predicted octanol–water partition coefficient (Wildman–Crippen LogP) is 3.14. The van der Waals surface area contributed by atoms with Gasteiger partial charge in [-0.15, -0.1) is 0 Å². The van der Waals surface area contributed by atoms with Gasteiger partial charge >= 0.3 is 0 Å². The summed E-state index contributed by atoms with van der Waals surface area (Å²) < 4.78 is 11.4. The van der Waals surface area contributed by atoms with Crippen molar-refractivity contribution in [2.45, 2.75) is 39.3 Å². The SMILES string of the molecule is C/C=C\N(CCC)Cc1cc(C#Cc2ccc(OC3CC3CNCCN)cc2)on1. The Hall–Kier alpha value is -2.75. The standard InChI is InChI=1S/C24H32N4O2/c1-3-13-28(14-4-2)18-21-16-23(30-27-21)10-7-19-5-8-22(9-6-19)29-24-15-20(24)17-26-12-11-25/h3,5-6,8-9,13,16,20,24,26H,4,11-12,14-15,17-18,25H2,1-2H3/b13-3-. The van der Waals surface area contributed by atoms with E-state index in [9.17, 15) is 0 Å². The highest BCUT2D eigenvalue weighted by Crippen LogP contribution is 2.34. The molecule has 1 aromatic heterocycles. The fourth-order valence-corrected chi connectivity index (χ4v) is 3.25. The lowest BCUT2D eigenvalue weighted by atomic mass is 10.2. The van der Waals surface area contributed by atoms with E-state index in [2.05, 4.69) is 40.3 Å². The third kappa shape index (κ3) is 6.94. The largest absolute Gasteiger partial charge is 0.490 e. The number of hydrogen-bond acceptors (Lipinski definition) is 6. The highest BCUT2D eigenvalue weighted by atomic mass is 16.5. The molecule has 2 aromatic rings. The molecule has 1 aliphatic rings. The van der Waals surface area contributed by atoms with Crippen molar-refractivity contribution in [3.05, 3.63) is 59.6 Å². The van der Waals surface area contributed by atoms with Crippen LogP contribution in [-0.4, -0.2) is 42.3 Å². The van der Waals surface area contributed by atoms with Gasteiger partial charge in [0, 0.05) is 43.7 Å². The van der Waals surface area contributed by atoms with Crippen LogP contribution in [0.25, 0.3) is 0 Å². The van der Waals surface area contributed by atoms with Gasteiger partial charge in [-0.05, 0) is 56.2 Å². The van der Waals surface area contributed by atoms with Gasteiger partial charge in [-0.2, -0.15) is 0 Å². The molecule has 2 atom stereocenters. The Labute approximate surface area is 179 Å². The summed E-state index contributed by atoms with van der Waals surface area (Å²) in [6, 6.07) is 9.79. The van der Waals surface area contributed by atoms with Crippen molar-refractivity contribution in [1.29, 1.82) is 0 Å². The third-order valence-corrected chi connectivity index (χ3v) is 4.85. The summed E-state index contributed by atoms with van der Waals surface area (Å²) in [5.41, 5.74) is 7.29. The Morgan fingerprint density at radius 2 is 2.17 bits per heavy atom. The second kappa shape index (κ2) is 11.4. The van der Waals surface area contributed by atoms with Crippen molar-refractivity contribution in [2.75, 3.05) is 26.2 Å².